The van der Waals surface area contributed by atoms with E-state index in [2.05, 4.69) is 34.9 Å². The Bertz CT molecular complexity index is 1020. The summed E-state index contributed by atoms with van der Waals surface area (Å²) in [6.07, 6.45) is 1.71. The van der Waals surface area contributed by atoms with Crippen molar-refractivity contribution < 1.29 is 24.2 Å². The highest BCUT2D eigenvalue weighted by atomic mass is 16.5. The molecule has 2 aliphatic rings. The minimum Gasteiger partial charge on any atom is -0.480 e. The molecule has 2 aromatic carbocycles. The van der Waals surface area contributed by atoms with Crippen molar-refractivity contribution in [2.24, 2.45) is 5.41 Å². The Morgan fingerprint density at radius 2 is 1.70 bits per heavy atom. The van der Waals surface area contributed by atoms with E-state index in [1.807, 2.05) is 24.3 Å². The predicted molar refractivity (Wildman–Crippen MR) is 124 cm³/mol. The lowest BCUT2D eigenvalue weighted by Gasteiger charge is -2.31. The Labute approximate surface area is 193 Å². The monoisotopic (exact) mass is 450 g/mol. The number of fused-ring (bicyclic) bond motifs is 3. The van der Waals surface area contributed by atoms with Crippen LogP contribution >= 0.6 is 0 Å². The number of hydrogen-bond acceptors (Lipinski definition) is 4. The van der Waals surface area contributed by atoms with E-state index < -0.39 is 29.6 Å². The number of carbonyl (C=O) groups excluding carboxylic acids is 2. The third kappa shape index (κ3) is 4.32. The summed E-state index contributed by atoms with van der Waals surface area (Å²) in [5.41, 5.74) is 3.71. The van der Waals surface area contributed by atoms with Crippen LogP contribution in [0, 0.1) is 5.41 Å². The lowest BCUT2D eigenvalue weighted by atomic mass is 9.83. The van der Waals surface area contributed by atoms with Crippen molar-refractivity contribution >= 4 is 18.0 Å². The third-order valence-corrected chi connectivity index (χ3v) is 7.12. The van der Waals surface area contributed by atoms with Gasteiger partial charge in [-0.25, -0.2) is 9.59 Å². The van der Waals surface area contributed by atoms with Crippen LogP contribution in [0.4, 0.5) is 4.79 Å². The van der Waals surface area contributed by atoms with Crippen molar-refractivity contribution in [1.29, 1.82) is 0 Å². The smallest absolute Gasteiger partial charge is 0.407 e. The van der Waals surface area contributed by atoms with Crippen LogP contribution in [-0.4, -0.2) is 41.8 Å². The fourth-order valence-corrected chi connectivity index (χ4v) is 5.11. The second-order valence-electron chi connectivity index (χ2n) is 9.10. The molecule has 7 nitrogen and oxygen atoms in total. The van der Waals surface area contributed by atoms with E-state index in [-0.39, 0.29) is 18.4 Å². The van der Waals surface area contributed by atoms with Crippen molar-refractivity contribution in [1.82, 2.24) is 10.6 Å². The fraction of sp³-hybridized carbons (Fsp3) is 0.423. The minimum atomic E-state index is -1.06. The highest BCUT2D eigenvalue weighted by Gasteiger charge is 2.46. The van der Waals surface area contributed by atoms with Crippen molar-refractivity contribution in [3.05, 3.63) is 59.7 Å². The van der Waals surface area contributed by atoms with Gasteiger partial charge in [0, 0.05) is 12.0 Å². The predicted octanol–water partition coefficient (Wildman–Crippen LogP) is 4.06. The molecule has 0 spiro atoms. The molecule has 1 saturated carbocycles. The molecule has 0 radical (unpaired) electrons. The molecular weight excluding hydrogens is 420 g/mol. The molecule has 1 fully saturated rings. The average molecular weight is 451 g/mol. The molecule has 0 aromatic heterocycles. The number of benzene rings is 2. The summed E-state index contributed by atoms with van der Waals surface area (Å²) in [7, 11) is 0. The van der Waals surface area contributed by atoms with Crippen LogP contribution in [0.5, 0.6) is 0 Å². The molecule has 2 aliphatic carbocycles. The summed E-state index contributed by atoms with van der Waals surface area (Å²) >= 11 is 0. The molecular formula is C26H30N2O5. The Kier molecular flexibility index (Phi) is 6.40. The number of alkyl carbamates (subject to hydrolysis) is 1. The number of hydrogen-bond donors (Lipinski definition) is 3. The maximum absolute atomic E-state index is 12.9. The second kappa shape index (κ2) is 9.25. The average Bonchev–Trinajstić information content (AvgIpc) is 3.34. The first kappa shape index (κ1) is 22.8. The van der Waals surface area contributed by atoms with Gasteiger partial charge in [-0.2, -0.15) is 0 Å². The number of amides is 2. The Hall–Kier alpha value is -3.35. The fourth-order valence-electron chi connectivity index (χ4n) is 5.11. The van der Waals surface area contributed by atoms with E-state index in [9.17, 15) is 19.5 Å². The maximum atomic E-state index is 12.9. The van der Waals surface area contributed by atoms with Crippen LogP contribution in [0.15, 0.2) is 48.5 Å². The van der Waals surface area contributed by atoms with Gasteiger partial charge in [0.05, 0.1) is 5.41 Å². The van der Waals surface area contributed by atoms with Crippen LogP contribution < -0.4 is 10.6 Å². The summed E-state index contributed by atoms with van der Waals surface area (Å²) in [4.78, 5) is 37.0. The number of nitrogens with one attached hydrogen (secondary N) is 2. The number of carbonyl (C=O) groups is 3. The molecule has 3 atom stereocenters. The van der Waals surface area contributed by atoms with Crippen LogP contribution in [-0.2, 0) is 14.3 Å². The summed E-state index contributed by atoms with van der Waals surface area (Å²) in [5, 5.41) is 14.8. The highest BCUT2D eigenvalue weighted by molar-refractivity contribution is 5.88. The number of carboxylic acids is 1. The molecule has 0 bridgehead atoms. The van der Waals surface area contributed by atoms with Crippen molar-refractivity contribution in [3.8, 4) is 11.1 Å². The quantitative estimate of drug-likeness (QED) is 0.590. The Morgan fingerprint density at radius 3 is 2.27 bits per heavy atom. The van der Waals surface area contributed by atoms with Gasteiger partial charge >= 0.3 is 12.1 Å². The largest absolute Gasteiger partial charge is 0.480 e. The van der Waals surface area contributed by atoms with Gasteiger partial charge in [0.1, 0.15) is 12.6 Å². The zero-order valence-electron chi connectivity index (χ0n) is 19.0. The van der Waals surface area contributed by atoms with Crippen molar-refractivity contribution in [2.45, 2.75) is 57.5 Å². The molecule has 0 saturated heterocycles. The van der Waals surface area contributed by atoms with Gasteiger partial charge in [0.2, 0.25) is 5.91 Å². The van der Waals surface area contributed by atoms with Gasteiger partial charge in [0.25, 0.3) is 0 Å². The molecule has 3 unspecified atom stereocenters. The minimum absolute atomic E-state index is 0.0395. The summed E-state index contributed by atoms with van der Waals surface area (Å²) in [6.45, 7) is 3.69. The van der Waals surface area contributed by atoms with Crippen LogP contribution in [0.25, 0.3) is 11.1 Å². The topological polar surface area (TPSA) is 105 Å². The Balaban J connectivity index is 1.41. The molecule has 2 amide bonds. The van der Waals surface area contributed by atoms with Gasteiger partial charge in [-0.05, 0) is 48.4 Å². The number of carboxylic acid groups (broad SMARTS) is 1. The standard InChI is InChI=1S/C26H30N2O5/c1-3-21(23(29)30)27-24(31)26(2)14-8-13-22(26)28-25(32)33-15-20-18-11-6-4-9-16(18)17-10-5-7-12-19(17)20/h4-7,9-12,20-22H,3,8,13-15H2,1-2H3,(H,27,31)(H,28,32)(H,29,30). The lowest BCUT2D eigenvalue weighted by Crippen LogP contribution is -2.54. The van der Waals surface area contributed by atoms with Gasteiger partial charge in [-0.1, -0.05) is 61.9 Å². The molecule has 2 aromatic rings. The number of rotatable bonds is 7. The molecule has 0 heterocycles. The molecule has 0 aliphatic heterocycles. The van der Waals surface area contributed by atoms with Crippen molar-refractivity contribution in [3.63, 3.8) is 0 Å². The van der Waals surface area contributed by atoms with E-state index in [0.717, 1.165) is 28.7 Å². The summed E-state index contributed by atoms with van der Waals surface area (Å²) in [5.74, 6) is -1.45. The van der Waals surface area contributed by atoms with Gasteiger partial charge < -0.3 is 20.5 Å². The lowest BCUT2D eigenvalue weighted by molar-refractivity contribution is -0.144. The van der Waals surface area contributed by atoms with E-state index in [1.165, 1.54) is 0 Å². The first-order chi connectivity index (χ1) is 15.8. The SMILES string of the molecule is CCC(NC(=O)C1(C)CCCC1NC(=O)OCC1c2ccccc2-c2ccccc21)C(=O)O. The maximum Gasteiger partial charge on any atom is 0.407 e. The first-order valence-corrected chi connectivity index (χ1v) is 11.5. The van der Waals surface area contributed by atoms with Gasteiger partial charge in [-0.15, -0.1) is 0 Å². The van der Waals surface area contributed by atoms with Crippen molar-refractivity contribution in [2.75, 3.05) is 6.61 Å². The van der Waals surface area contributed by atoms with E-state index in [1.54, 1.807) is 13.8 Å². The normalized spacial score (nSPS) is 22.2. The zero-order valence-corrected chi connectivity index (χ0v) is 19.0. The van der Waals surface area contributed by atoms with E-state index in [0.29, 0.717) is 19.3 Å². The van der Waals surface area contributed by atoms with Crippen LogP contribution in [0.3, 0.4) is 0 Å². The second-order valence-corrected chi connectivity index (χ2v) is 9.10. The Morgan fingerprint density at radius 1 is 1.09 bits per heavy atom. The van der Waals surface area contributed by atoms with E-state index >= 15 is 0 Å². The first-order valence-electron chi connectivity index (χ1n) is 11.5. The zero-order chi connectivity index (χ0) is 23.6. The number of ether oxygens (including phenoxy) is 1. The highest BCUT2D eigenvalue weighted by Crippen LogP contribution is 2.44. The van der Waals surface area contributed by atoms with Gasteiger partial charge in [0.15, 0.2) is 0 Å². The molecule has 4 rings (SSSR count). The summed E-state index contributed by atoms with van der Waals surface area (Å²) < 4.78 is 5.64. The molecule has 174 valence electrons. The molecule has 7 heteroatoms. The summed E-state index contributed by atoms with van der Waals surface area (Å²) in [6, 6.07) is 14.9. The molecule has 33 heavy (non-hydrogen) atoms. The van der Waals surface area contributed by atoms with Gasteiger partial charge in [-0.3, -0.25) is 4.79 Å². The third-order valence-electron chi connectivity index (χ3n) is 7.12. The molecule has 3 N–H and O–H groups in total. The van der Waals surface area contributed by atoms with Crippen LogP contribution in [0.1, 0.15) is 56.6 Å². The van der Waals surface area contributed by atoms with Crippen LogP contribution in [0.2, 0.25) is 0 Å². The van der Waals surface area contributed by atoms with E-state index in [4.69, 9.17) is 4.74 Å². The number of aliphatic carboxylic acids is 1.